The number of aromatic nitrogens is 2. The molecule has 1 N–H and O–H groups in total. The molecule has 0 amide bonds. The Morgan fingerprint density at radius 3 is 2.62 bits per heavy atom. The first-order chi connectivity index (χ1) is 11.6. The van der Waals surface area contributed by atoms with E-state index >= 15 is 0 Å². The van der Waals surface area contributed by atoms with Crippen molar-refractivity contribution in [2.75, 3.05) is 11.9 Å². The Hall–Kier alpha value is -2.47. The maximum Gasteiger partial charge on any atom is 0.387 e. The third kappa shape index (κ3) is 4.08. The van der Waals surface area contributed by atoms with Crippen LogP contribution in [-0.2, 0) is 6.42 Å². The van der Waals surface area contributed by atoms with E-state index in [9.17, 15) is 8.78 Å². The first kappa shape index (κ1) is 16.4. The molecule has 0 spiro atoms. The van der Waals surface area contributed by atoms with Crippen LogP contribution in [0.1, 0.15) is 5.56 Å². The third-order valence-corrected chi connectivity index (χ3v) is 3.69. The number of alkyl halides is 2. The molecule has 24 heavy (non-hydrogen) atoms. The Morgan fingerprint density at radius 1 is 1.08 bits per heavy atom. The van der Waals surface area contributed by atoms with Crippen LogP contribution >= 0.6 is 11.6 Å². The molecule has 3 aromatic rings. The predicted octanol–water partition coefficient (Wildman–Crippen LogP) is 4.54. The lowest BCUT2D eigenvalue weighted by molar-refractivity contribution is -0.0498. The zero-order valence-electron chi connectivity index (χ0n) is 12.5. The van der Waals surface area contributed by atoms with Crippen LogP contribution in [0, 0.1) is 0 Å². The van der Waals surface area contributed by atoms with E-state index < -0.39 is 6.61 Å². The highest BCUT2D eigenvalue weighted by atomic mass is 35.5. The number of hydrogen-bond donors (Lipinski definition) is 1. The lowest BCUT2D eigenvalue weighted by atomic mass is 10.1. The van der Waals surface area contributed by atoms with Gasteiger partial charge in [-0.2, -0.15) is 8.78 Å². The predicted molar refractivity (Wildman–Crippen MR) is 89.8 cm³/mol. The zero-order valence-corrected chi connectivity index (χ0v) is 13.3. The minimum atomic E-state index is -2.81. The average Bonchev–Trinajstić information content (AvgIpc) is 2.56. The van der Waals surface area contributed by atoms with Crippen molar-refractivity contribution in [1.82, 2.24) is 9.97 Å². The SMILES string of the molecule is FC(F)Oc1ccc(CCNc2ncnc3ccc(Cl)cc23)cc1. The van der Waals surface area contributed by atoms with Gasteiger partial charge < -0.3 is 10.1 Å². The lowest BCUT2D eigenvalue weighted by Crippen LogP contribution is -2.07. The molecule has 2 aromatic carbocycles. The molecule has 0 bridgehead atoms. The van der Waals surface area contributed by atoms with Crippen LogP contribution in [-0.4, -0.2) is 23.1 Å². The van der Waals surface area contributed by atoms with Crippen LogP contribution in [0.3, 0.4) is 0 Å². The van der Waals surface area contributed by atoms with Crippen molar-refractivity contribution in [3.8, 4) is 5.75 Å². The number of halogens is 3. The summed E-state index contributed by atoms with van der Waals surface area (Å²) in [5.41, 5.74) is 1.81. The van der Waals surface area contributed by atoms with Crippen LogP contribution in [0.5, 0.6) is 5.75 Å². The summed E-state index contributed by atoms with van der Waals surface area (Å²) in [6.45, 7) is -2.18. The molecule has 0 atom stereocenters. The van der Waals surface area contributed by atoms with Gasteiger partial charge in [-0.25, -0.2) is 9.97 Å². The molecule has 124 valence electrons. The van der Waals surface area contributed by atoms with Crippen LogP contribution in [0.15, 0.2) is 48.8 Å². The maximum atomic E-state index is 12.1. The van der Waals surface area contributed by atoms with Crippen molar-refractivity contribution < 1.29 is 13.5 Å². The average molecular weight is 350 g/mol. The Kier molecular flexibility index (Phi) is 5.05. The fourth-order valence-electron chi connectivity index (χ4n) is 2.33. The van der Waals surface area contributed by atoms with Gasteiger partial charge in [-0.1, -0.05) is 23.7 Å². The van der Waals surface area contributed by atoms with Crippen molar-refractivity contribution in [3.05, 3.63) is 59.4 Å². The number of rotatable bonds is 6. The molecule has 1 aromatic heterocycles. The van der Waals surface area contributed by atoms with E-state index in [2.05, 4.69) is 20.0 Å². The summed E-state index contributed by atoms with van der Waals surface area (Å²) in [6.07, 6.45) is 2.20. The number of fused-ring (bicyclic) bond motifs is 1. The third-order valence-electron chi connectivity index (χ3n) is 3.45. The maximum absolute atomic E-state index is 12.1. The van der Waals surface area contributed by atoms with E-state index in [-0.39, 0.29) is 5.75 Å². The van der Waals surface area contributed by atoms with Crippen LogP contribution in [0.2, 0.25) is 5.02 Å². The fraction of sp³-hybridized carbons (Fsp3) is 0.176. The minimum Gasteiger partial charge on any atom is -0.435 e. The minimum absolute atomic E-state index is 0.151. The summed E-state index contributed by atoms with van der Waals surface area (Å²) in [7, 11) is 0. The Labute approximate surface area is 142 Å². The van der Waals surface area contributed by atoms with E-state index in [4.69, 9.17) is 11.6 Å². The van der Waals surface area contributed by atoms with Gasteiger partial charge >= 0.3 is 6.61 Å². The van der Waals surface area contributed by atoms with E-state index in [0.717, 1.165) is 16.5 Å². The second-order valence-corrected chi connectivity index (χ2v) is 5.52. The normalized spacial score (nSPS) is 11.0. The standard InChI is InChI=1S/C17H14ClF2N3O/c18-12-3-6-15-14(9-12)16(23-10-22-15)21-8-7-11-1-4-13(5-2-11)24-17(19)20/h1-6,9-10,17H,7-8H2,(H,21,22,23). The Bertz CT molecular complexity index is 828. The molecule has 3 rings (SSSR count). The van der Waals surface area contributed by atoms with Gasteiger partial charge in [0.25, 0.3) is 0 Å². The largest absolute Gasteiger partial charge is 0.435 e. The zero-order chi connectivity index (χ0) is 16.9. The topological polar surface area (TPSA) is 47.0 Å². The first-order valence-corrected chi connectivity index (χ1v) is 7.67. The highest BCUT2D eigenvalue weighted by molar-refractivity contribution is 6.31. The summed E-state index contributed by atoms with van der Waals surface area (Å²) < 4.78 is 28.6. The van der Waals surface area contributed by atoms with Crippen molar-refractivity contribution in [2.24, 2.45) is 0 Å². The molecule has 0 unspecified atom stereocenters. The molecule has 4 nitrogen and oxygen atoms in total. The number of hydrogen-bond acceptors (Lipinski definition) is 4. The van der Waals surface area contributed by atoms with Gasteiger partial charge in [0.1, 0.15) is 17.9 Å². The summed E-state index contributed by atoms with van der Waals surface area (Å²) >= 11 is 6.02. The number of anilines is 1. The Morgan fingerprint density at radius 2 is 1.88 bits per heavy atom. The highest BCUT2D eigenvalue weighted by Crippen LogP contribution is 2.23. The van der Waals surface area contributed by atoms with E-state index in [0.29, 0.717) is 23.8 Å². The van der Waals surface area contributed by atoms with Crippen molar-refractivity contribution >= 4 is 28.3 Å². The smallest absolute Gasteiger partial charge is 0.387 e. The Balaban J connectivity index is 1.63. The second kappa shape index (κ2) is 7.40. The highest BCUT2D eigenvalue weighted by Gasteiger charge is 2.05. The molecule has 0 saturated heterocycles. The summed E-state index contributed by atoms with van der Waals surface area (Å²) in [6, 6.07) is 12.0. The molecule has 7 heteroatoms. The van der Waals surface area contributed by atoms with Gasteiger partial charge in [-0.15, -0.1) is 0 Å². The van der Waals surface area contributed by atoms with E-state index in [1.54, 1.807) is 18.2 Å². The second-order valence-electron chi connectivity index (χ2n) is 5.08. The van der Waals surface area contributed by atoms with Gasteiger partial charge in [-0.3, -0.25) is 0 Å². The summed E-state index contributed by atoms with van der Waals surface area (Å²) in [4.78, 5) is 8.44. The van der Waals surface area contributed by atoms with Crippen LogP contribution in [0.4, 0.5) is 14.6 Å². The molecule has 0 aliphatic rings. The summed E-state index contributed by atoms with van der Waals surface area (Å²) in [5, 5.41) is 4.72. The summed E-state index contributed by atoms with van der Waals surface area (Å²) in [5.74, 6) is 0.860. The van der Waals surface area contributed by atoms with E-state index in [1.165, 1.54) is 18.5 Å². The van der Waals surface area contributed by atoms with Crippen molar-refractivity contribution in [2.45, 2.75) is 13.0 Å². The molecule has 0 aliphatic carbocycles. The van der Waals surface area contributed by atoms with Gasteiger partial charge in [-0.05, 0) is 42.3 Å². The molecule has 0 aliphatic heterocycles. The van der Waals surface area contributed by atoms with E-state index in [1.807, 2.05) is 12.1 Å². The fourth-order valence-corrected chi connectivity index (χ4v) is 2.50. The van der Waals surface area contributed by atoms with Gasteiger partial charge in [0.15, 0.2) is 0 Å². The van der Waals surface area contributed by atoms with Gasteiger partial charge in [0, 0.05) is 17.0 Å². The van der Waals surface area contributed by atoms with Crippen molar-refractivity contribution in [1.29, 1.82) is 0 Å². The van der Waals surface area contributed by atoms with Crippen molar-refractivity contribution in [3.63, 3.8) is 0 Å². The number of nitrogens with one attached hydrogen (secondary N) is 1. The molecule has 0 fully saturated rings. The van der Waals surface area contributed by atoms with Gasteiger partial charge in [0.2, 0.25) is 0 Å². The lowest BCUT2D eigenvalue weighted by Gasteiger charge is -2.09. The number of benzene rings is 2. The first-order valence-electron chi connectivity index (χ1n) is 7.30. The molecule has 0 saturated carbocycles. The quantitative estimate of drug-likeness (QED) is 0.709. The van der Waals surface area contributed by atoms with Crippen LogP contribution in [0.25, 0.3) is 10.9 Å². The number of nitrogens with zero attached hydrogens (tertiary/aromatic N) is 2. The van der Waals surface area contributed by atoms with Gasteiger partial charge in [0.05, 0.1) is 5.52 Å². The molecular formula is C17H14ClF2N3O. The monoisotopic (exact) mass is 349 g/mol. The molecule has 0 radical (unpaired) electrons. The number of ether oxygens (including phenoxy) is 1. The molecular weight excluding hydrogens is 336 g/mol. The van der Waals surface area contributed by atoms with Crippen LogP contribution < -0.4 is 10.1 Å². The molecule has 1 heterocycles.